The van der Waals surface area contributed by atoms with Gasteiger partial charge in [-0.15, -0.1) is 10.2 Å². The zero-order valence-electron chi connectivity index (χ0n) is 18.7. The predicted octanol–water partition coefficient (Wildman–Crippen LogP) is 1.93. The second-order valence-corrected chi connectivity index (χ2v) is 7.91. The van der Waals surface area contributed by atoms with Gasteiger partial charge in [0.05, 0.1) is 6.42 Å². The normalized spacial score (nSPS) is 14.8. The van der Waals surface area contributed by atoms with Crippen LogP contribution >= 0.6 is 0 Å². The van der Waals surface area contributed by atoms with Crippen molar-refractivity contribution in [2.45, 2.75) is 31.9 Å². The molecule has 1 aromatic heterocycles. The summed E-state index contributed by atoms with van der Waals surface area (Å²) in [6.45, 7) is 3.46. The summed E-state index contributed by atoms with van der Waals surface area (Å²) in [6.07, 6.45) is 0.615. The van der Waals surface area contributed by atoms with Gasteiger partial charge in [0.15, 0.2) is 0 Å². The lowest BCUT2D eigenvalue weighted by Gasteiger charge is -2.33. The topological polar surface area (TPSA) is 162 Å². The monoisotopic (exact) mass is 479 g/mol. The molecule has 180 valence electrons. The van der Waals surface area contributed by atoms with E-state index in [9.17, 15) is 19.2 Å². The van der Waals surface area contributed by atoms with Crippen LogP contribution in [0, 0.1) is 0 Å². The van der Waals surface area contributed by atoms with Crippen molar-refractivity contribution < 1.29 is 33.1 Å². The Hall–Kier alpha value is -4.74. The quantitative estimate of drug-likeness (QED) is 0.410. The molecule has 1 fully saturated rings. The number of nitrogens with zero attached hydrogens (tertiary/aromatic N) is 2. The average Bonchev–Trinajstić information content (AvgIpc) is 3.34. The van der Waals surface area contributed by atoms with Crippen LogP contribution in [0.4, 0.5) is 4.79 Å². The van der Waals surface area contributed by atoms with Crippen molar-refractivity contribution >= 4 is 23.8 Å². The molecule has 4 rings (SSSR count). The maximum absolute atomic E-state index is 12.6. The molecule has 1 aliphatic rings. The number of barbiturate groups is 1. The van der Waals surface area contributed by atoms with Crippen molar-refractivity contribution in [2.24, 2.45) is 0 Å². The Morgan fingerprint density at radius 1 is 0.971 bits per heavy atom. The van der Waals surface area contributed by atoms with Gasteiger partial charge in [-0.2, -0.15) is 0 Å². The molecule has 0 radical (unpaired) electrons. The Kier molecular flexibility index (Phi) is 6.44. The van der Waals surface area contributed by atoms with Crippen LogP contribution in [-0.2, 0) is 14.4 Å². The van der Waals surface area contributed by atoms with E-state index in [0.29, 0.717) is 17.4 Å². The average molecular weight is 479 g/mol. The Labute approximate surface area is 199 Å². The highest BCUT2D eigenvalue weighted by Gasteiger charge is 2.54. The molecule has 3 N–H and O–H groups in total. The number of hydrogen-bond donors (Lipinski definition) is 3. The van der Waals surface area contributed by atoms with E-state index in [1.54, 1.807) is 50.2 Å². The number of aromatic nitrogens is 2. The van der Waals surface area contributed by atoms with Crippen molar-refractivity contribution in [1.29, 1.82) is 0 Å². The minimum atomic E-state index is -2.26. The minimum Gasteiger partial charge on any atom is -0.467 e. The van der Waals surface area contributed by atoms with Crippen LogP contribution in [0.5, 0.6) is 17.2 Å². The lowest BCUT2D eigenvalue weighted by molar-refractivity contribution is -0.155. The molecule has 5 amide bonds. The number of benzene rings is 2. The minimum absolute atomic E-state index is 0.112. The van der Waals surface area contributed by atoms with E-state index in [0.717, 1.165) is 5.56 Å². The van der Waals surface area contributed by atoms with Gasteiger partial charge in [-0.05, 0) is 62.4 Å². The van der Waals surface area contributed by atoms with Gasteiger partial charge in [-0.3, -0.25) is 25.0 Å². The largest absolute Gasteiger partial charge is 0.467 e. The highest BCUT2D eigenvalue weighted by molar-refractivity contribution is 6.23. The number of carbonyl (C=O) groups excluding carboxylic acids is 4. The molecule has 0 saturated carbocycles. The van der Waals surface area contributed by atoms with E-state index in [4.69, 9.17) is 13.9 Å². The number of urea groups is 1. The van der Waals surface area contributed by atoms with Gasteiger partial charge in [0.2, 0.25) is 18.2 Å². The van der Waals surface area contributed by atoms with Crippen LogP contribution in [0.1, 0.15) is 20.3 Å². The molecule has 35 heavy (non-hydrogen) atoms. The summed E-state index contributed by atoms with van der Waals surface area (Å²) < 4.78 is 16.7. The number of nitrogens with one attached hydrogen (secondary N) is 3. The second kappa shape index (κ2) is 9.63. The molecule has 1 saturated heterocycles. The third kappa shape index (κ3) is 5.27. The summed E-state index contributed by atoms with van der Waals surface area (Å²) in [5.41, 5.74) is -1.53. The zero-order chi connectivity index (χ0) is 25.0. The number of hydrogen-bond acceptors (Lipinski definition) is 9. The fourth-order valence-electron chi connectivity index (χ4n) is 3.31. The Morgan fingerprint density at radius 2 is 1.54 bits per heavy atom. The van der Waals surface area contributed by atoms with Gasteiger partial charge in [-0.1, -0.05) is 0 Å². The molecule has 2 heterocycles. The van der Waals surface area contributed by atoms with Crippen LogP contribution in [0.2, 0.25) is 0 Å². The van der Waals surface area contributed by atoms with Gasteiger partial charge in [0, 0.05) is 11.6 Å². The summed E-state index contributed by atoms with van der Waals surface area (Å²) in [7, 11) is 0. The summed E-state index contributed by atoms with van der Waals surface area (Å²) >= 11 is 0. The van der Waals surface area contributed by atoms with Crippen molar-refractivity contribution in [3.8, 4) is 28.7 Å². The number of amides is 5. The lowest BCUT2D eigenvalue weighted by atomic mass is 9.94. The van der Waals surface area contributed by atoms with Crippen LogP contribution in [0.15, 0.2) is 59.3 Å². The van der Waals surface area contributed by atoms with E-state index in [1.807, 2.05) is 10.6 Å². The van der Waals surface area contributed by atoms with Gasteiger partial charge in [0.25, 0.3) is 17.4 Å². The molecule has 0 aliphatic carbocycles. The van der Waals surface area contributed by atoms with Gasteiger partial charge < -0.3 is 19.2 Å². The molecule has 12 nitrogen and oxygen atoms in total. The molecule has 0 spiro atoms. The maximum Gasteiger partial charge on any atom is 0.328 e. The summed E-state index contributed by atoms with van der Waals surface area (Å²) in [6, 6.07) is 11.8. The van der Waals surface area contributed by atoms with E-state index >= 15 is 0 Å². The number of imide groups is 2. The lowest BCUT2D eigenvalue weighted by Crippen LogP contribution is -2.70. The molecule has 1 aliphatic heterocycles. The number of ether oxygens (including phenoxy) is 2. The Morgan fingerprint density at radius 3 is 2.09 bits per heavy atom. The molecule has 0 bridgehead atoms. The van der Waals surface area contributed by atoms with Gasteiger partial charge >= 0.3 is 6.03 Å². The molecule has 3 aromatic rings. The highest BCUT2D eigenvalue weighted by atomic mass is 16.5. The summed E-state index contributed by atoms with van der Waals surface area (Å²) in [5, 5.41) is 14.0. The Bertz CT molecular complexity index is 1220. The third-order valence-electron chi connectivity index (χ3n) is 4.86. The summed E-state index contributed by atoms with van der Waals surface area (Å²) in [4.78, 5) is 49.2. The van der Waals surface area contributed by atoms with Crippen LogP contribution in [0.25, 0.3) is 11.5 Å². The van der Waals surface area contributed by atoms with Crippen LogP contribution in [-0.4, -0.2) is 45.6 Å². The van der Waals surface area contributed by atoms with E-state index in [2.05, 4.69) is 15.5 Å². The van der Waals surface area contributed by atoms with Crippen molar-refractivity contribution in [3.63, 3.8) is 0 Å². The van der Waals surface area contributed by atoms with E-state index in [1.165, 1.54) is 18.5 Å². The molecular weight excluding hydrogens is 458 g/mol. The first-order valence-corrected chi connectivity index (χ1v) is 10.5. The van der Waals surface area contributed by atoms with E-state index < -0.39 is 35.8 Å². The fraction of sp³-hybridized carbons (Fsp3) is 0.217. The molecule has 2 aromatic carbocycles. The zero-order valence-corrected chi connectivity index (χ0v) is 18.7. The highest BCUT2D eigenvalue weighted by Crippen LogP contribution is 2.29. The standard InChI is InChI=1S/C23H21N5O7/c1-13(2)25-18(29)11-23(20(30)26-22(32)27-21(23)31)35-17-9-7-16(8-10-17)34-15-5-3-14(4-6-15)19-28-24-12-33-19/h3-10,12-13H,11H2,1-2H3,(H,25,29)(H2,26,27,30,31,32). The van der Waals surface area contributed by atoms with E-state index in [-0.39, 0.29) is 11.8 Å². The number of carbonyl (C=O) groups is 4. The van der Waals surface area contributed by atoms with Gasteiger partial charge in [-0.25, -0.2) is 4.79 Å². The van der Waals surface area contributed by atoms with Crippen molar-refractivity contribution in [2.75, 3.05) is 0 Å². The fourth-order valence-corrected chi connectivity index (χ4v) is 3.31. The summed E-state index contributed by atoms with van der Waals surface area (Å²) in [5.74, 6) is -1.19. The van der Waals surface area contributed by atoms with Crippen LogP contribution in [0.3, 0.4) is 0 Å². The molecule has 0 unspecified atom stereocenters. The maximum atomic E-state index is 12.6. The SMILES string of the molecule is CC(C)NC(=O)CC1(Oc2ccc(Oc3ccc(-c4nnco4)cc3)cc2)C(=O)NC(=O)NC1=O. The molecule has 12 heteroatoms. The molecular formula is C23H21N5O7. The first-order chi connectivity index (χ1) is 16.7. The predicted molar refractivity (Wildman–Crippen MR) is 119 cm³/mol. The third-order valence-corrected chi connectivity index (χ3v) is 4.86. The van der Waals surface area contributed by atoms with Crippen LogP contribution < -0.4 is 25.4 Å². The first kappa shape index (κ1) is 23.4. The van der Waals surface area contributed by atoms with Gasteiger partial charge in [0.1, 0.15) is 17.2 Å². The Balaban J connectivity index is 1.49. The first-order valence-electron chi connectivity index (χ1n) is 10.5. The smallest absolute Gasteiger partial charge is 0.328 e. The molecule has 0 atom stereocenters. The van der Waals surface area contributed by atoms with Crippen molar-refractivity contribution in [1.82, 2.24) is 26.1 Å². The number of rotatable bonds is 8. The second-order valence-electron chi connectivity index (χ2n) is 7.91. The van der Waals surface area contributed by atoms with Crippen molar-refractivity contribution in [3.05, 3.63) is 54.9 Å².